The third-order valence-electron chi connectivity index (χ3n) is 5.05. The largest absolute Gasteiger partial charge is 0.463 e. The molecule has 5 heteroatoms. The minimum absolute atomic E-state index is 0.307. The number of Topliss-reactive ketones (excluding diaryl/α,β-unsaturated/α-hetero) is 2. The van der Waals surface area contributed by atoms with Crippen molar-refractivity contribution < 1.29 is 24.2 Å². The van der Waals surface area contributed by atoms with Crippen molar-refractivity contribution in [3.8, 4) is 11.3 Å². The molecule has 0 amide bonds. The van der Waals surface area contributed by atoms with Crippen LogP contribution in [0.2, 0.25) is 0 Å². The van der Waals surface area contributed by atoms with Crippen molar-refractivity contribution in [3.05, 3.63) is 46.2 Å². The summed E-state index contributed by atoms with van der Waals surface area (Å²) < 4.78 is 5.51. The van der Waals surface area contributed by atoms with Crippen LogP contribution in [0.5, 0.6) is 0 Å². The van der Waals surface area contributed by atoms with Gasteiger partial charge in [-0.25, -0.2) is 0 Å². The highest BCUT2D eigenvalue weighted by Crippen LogP contribution is 2.44. The topological polar surface area (TPSA) is 87.7 Å². The number of carbonyl (C=O) groups is 2. The summed E-state index contributed by atoms with van der Waals surface area (Å²) in [5, 5.41) is 20.6. The van der Waals surface area contributed by atoms with E-state index < -0.39 is 23.3 Å². The van der Waals surface area contributed by atoms with Gasteiger partial charge in [0.15, 0.2) is 0 Å². The van der Waals surface area contributed by atoms with Crippen molar-refractivity contribution in [3.63, 3.8) is 0 Å². The molecule has 0 radical (unpaired) electrons. The SMILES string of the molecule is Cc1coc2c1C(=O)C(=O)c1c-2ccc2c1CC[C@H](O)[C@]2(C)O. The van der Waals surface area contributed by atoms with E-state index in [9.17, 15) is 19.8 Å². The van der Waals surface area contributed by atoms with Gasteiger partial charge in [0.05, 0.1) is 17.9 Å². The number of fused-ring (bicyclic) bond motifs is 5. The minimum atomic E-state index is -1.44. The number of furan rings is 1. The number of benzene rings is 1. The molecule has 2 N–H and O–H groups in total. The molecule has 0 fully saturated rings. The van der Waals surface area contributed by atoms with Crippen molar-refractivity contribution in [2.45, 2.75) is 38.4 Å². The summed E-state index contributed by atoms with van der Waals surface area (Å²) in [5.74, 6) is -0.727. The van der Waals surface area contributed by atoms with Crippen molar-refractivity contribution in [2.24, 2.45) is 0 Å². The maximum atomic E-state index is 12.7. The number of ketones is 2. The minimum Gasteiger partial charge on any atom is -0.463 e. The van der Waals surface area contributed by atoms with E-state index in [2.05, 4.69) is 0 Å². The second kappa shape index (κ2) is 4.40. The number of aliphatic hydroxyl groups is 2. The zero-order valence-electron chi connectivity index (χ0n) is 12.8. The second-order valence-corrected chi connectivity index (χ2v) is 6.50. The van der Waals surface area contributed by atoms with Crippen LogP contribution in [-0.4, -0.2) is 27.9 Å². The number of hydrogen-bond acceptors (Lipinski definition) is 5. The van der Waals surface area contributed by atoms with Gasteiger partial charge in [0, 0.05) is 11.1 Å². The number of rotatable bonds is 0. The highest BCUT2D eigenvalue weighted by atomic mass is 16.3. The average molecular weight is 312 g/mol. The Labute approximate surface area is 132 Å². The lowest BCUT2D eigenvalue weighted by atomic mass is 9.73. The molecule has 118 valence electrons. The number of hydrogen-bond donors (Lipinski definition) is 2. The van der Waals surface area contributed by atoms with Gasteiger partial charge in [0.1, 0.15) is 11.4 Å². The van der Waals surface area contributed by atoms with E-state index in [-0.39, 0.29) is 0 Å². The second-order valence-electron chi connectivity index (χ2n) is 6.50. The van der Waals surface area contributed by atoms with Gasteiger partial charge in [-0.1, -0.05) is 12.1 Å². The molecule has 0 aliphatic heterocycles. The predicted octanol–water partition coefficient (Wildman–Crippen LogP) is 2.15. The Bertz CT molecular complexity index is 872. The van der Waals surface area contributed by atoms with Crippen molar-refractivity contribution in [2.75, 3.05) is 0 Å². The molecule has 5 nitrogen and oxygen atoms in total. The van der Waals surface area contributed by atoms with E-state index in [1.807, 2.05) is 0 Å². The van der Waals surface area contributed by atoms with E-state index in [0.717, 1.165) is 0 Å². The lowest BCUT2D eigenvalue weighted by molar-refractivity contribution is -0.0765. The quantitative estimate of drug-likeness (QED) is 0.728. The molecule has 2 aliphatic carbocycles. The molecule has 0 bridgehead atoms. The number of carbonyl (C=O) groups excluding carboxylic acids is 2. The first kappa shape index (κ1) is 14.4. The normalized spacial score (nSPS) is 25.8. The van der Waals surface area contributed by atoms with Crippen molar-refractivity contribution in [1.29, 1.82) is 0 Å². The molecule has 0 saturated carbocycles. The average Bonchev–Trinajstić information content (AvgIpc) is 2.90. The molecule has 2 atom stereocenters. The lowest BCUT2D eigenvalue weighted by Crippen LogP contribution is -2.42. The lowest BCUT2D eigenvalue weighted by Gasteiger charge is -2.37. The highest BCUT2D eigenvalue weighted by Gasteiger charge is 2.43. The summed E-state index contributed by atoms with van der Waals surface area (Å²) in [6, 6.07) is 3.40. The molecular formula is C18H16O5. The summed E-state index contributed by atoms with van der Waals surface area (Å²) >= 11 is 0. The number of aryl methyl sites for hydroxylation is 1. The third kappa shape index (κ3) is 1.69. The molecular weight excluding hydrogens is 296 g/mol. The van der Waals surface area contributed by atoms with E-state index in [4.69, 9.17) is 4.42 Å². The van der Waals surface area contributed by atoms with Crippen LogP contribution in [0.25, 0.3) is 11.3 Å². The first-order chi connectivity index (χ1) is 10.8. The van der Waals surface area contributed by atoms with Gasteiger partial charge < -0.3 is 14.6 Å². The van der Waals surface area contributed by atoms with Gasteiger partial charge in [-0.2, -0.15) is 0 Å². The fourth-order valence-electron chi connectivity index (χ4n) is 3.72. The summed E-state index contributed by atoms with van der Waals surface area (Å²) in [5.41, 5.74) is 1.56. The molecule has 4 rings (SSSR count). The van der Waals surface area contributed by atoms with E-state index in [1.165, 1.54) is 13.2 Å². The summed E-state index contributed by atoms with van der Waals surface area (Å²) in [6.45, 7) is 3.26. The Morgan fingerprint density at radius 2 is 1.91 bits per heavy atom. The monoisotopic (exact) mass is 312 g/mol. The summed E-state index contributed by atoms with van der Waals surface area (Å²) in [6.07, 6.45) is 1.35. The Balaban J connectivity index is 2.05. The Morgan fingerprint density at radius 3 is 2.65 bits per heavy atom. The molecule has 0 unspecified atom stereocenters. The Morgan fingerprint density at radius 1 is 1.22 bits per heavy atom. The van der Waals surface area contributed by atoms with Crippen LogP contribution in [-0.2, 0) is 12.0 Å². The van der Waals surface area contributed by atoms with Gasteiger partial charge >= 0.3 is 0 Å². The van der Waals surface area contributed by atoms with Gasteiger partial charge in [-0.05, 0) is 43.4 Å². The molecule has 0 saturated heterocycles. The first-order valence-electron chi connectivity index (χ1n) is 7.58. The molecule has 1 aromatic heterocycles. The van der Waals surface area contributed by atoms with Crippen molar-refractivity contribution in [1.82, 2.24) is 0 Å². The maximum absolute atomic E-state index is 12.7. The molecule has 2 aliphatic rings. The zero-order valence-corrected chi connectivity index (χ0v) is 12.8. The summed E-state index contributed by atoms with van der Waals surface area (Å²) in [4.78, 5) is 25.1. The highest BCUT2D eigenvalue weighted by molar-refractivity contribution is 6.53. The van der Waals surface area contributed by atoms with Crippen molar-refractivity contribution >= 4 is 11.6 Å². The van der Waals surface area contributed by atoms with Crippen LogP contribution in [0.1, 0.15) is 50.8 Å². The molecule has 0 spiro atoms. The third-order valence-corrected chi connectivity index (χ3v) is 5.05. The van der Waals surface area contributed by atoms with Gasteiger partial charge in [0.2, 0.25) is 11.6 Å². The van der Waals surface area contributed by atoms with E-state index in [1.54, 1.807) is 19.1 Å². The molecule has 23 heavy (non-hydrogen) atoms. The van der Waals surface area contributed by atoms with Crippen LogP contribution in [0, 0.1) is 6.92 Å². The molecule has 2 aromatic rings. The summed E-state index contributed by atoms with van der Waals surface area (Å²) in [7, 11) is 0. The van der Waals surface area contributed by atoms with Crippen LogP contribution in [0.15, 0.2) is 22.8 Å². The van der Waals surface area contributed by atoms with Crippen LogP contribution < -0.4 is 0 Å². The fraction of sp³-hybridized carbons (Fsp3) is 0.333. The standard InChI is InChI=1S/C18H16O5/c1-8-7-23-17-10-3-5-11-9(4-6-12(19)18(11,2)22)14(10)16(21)15(20)13(8)17/h3,5,7,12,19,22H,4,6H2,1-2H3/t12-,18+/m0/s1. The zero-order chi connectivity index (χ0) is 16.5. The van der Waals surface area contributed by atoms with E-state index in [0.29, 0.717) is 52.0 Å². The van der Waals surface area contributed by atoms with Gasteiger partial charge in [-0.3, -0.25) is 9.59 Å². The van der Waals surface area contributed by atoms with E-state index >= 15 is 0 Å². The Hall–Kier alpha value is -2.24. The van der Waals surface area contributed by atoms with Crippen LogP contribution in [0.3, 0.4) is 0 Å². The maximum Gasteiger partial charge on any atom is 0.237 e. The molecule has 1 aromatic carbocycles. The number of aliphatic hydroxyl groups excluding tert-OH is 1. The predicted molar refractivity (Wildman–Crippen MR) is 81.4 cm³/mol. The first-order valence-corrected chi connectivity index (χ1v) is 7.58. The smallest absolute Gasteiger partial charge is 0.237 e. The van der Waals surface area contributed by atoms with Gasteiger partial charge in [-0.15, -0.1) is 0 Å². The van der Waals surface area contributed by atoms with Crippen LogP contribution in [0.4, 0.5) is 0 Å². The van der Waals surface area contributed by atoms with Gasteiger partial charge in [0.25, 0.3) is 0 Å². The molecule has 1 heterocycles. The fourth-order valence-corrected chi connectivity index (χ4v) is 3.72. The Kier molecular flexibility index (Phi) is 2.75. The van der Waals surface area contributed by atoms with Crippen LogP contribution >= 0.6 is 0 Å².